The lowest BCUT2D eigenvalue weighted by atomic mass is 10.1. The van der Waals surface area contributed by atoms with Gasteiger partial charge in [0.1, 0.15) is 18.5 Å². The van der Waals surface area contributed by atoms with Crippen LogP contribution in [0.2, 0.25) is 15.1 Å². The maximum Gasteiger partial charge on any atom is 0.120 e. The van der Waals surface area contributed by atoms with Crippen molar-refractivity contribution in [3.8, 4) is 5.75 Å². The highest BCUT2D eigenvalue weighted by Crippen LogP contribution is 2.30. The smallest absolute Gasteiger partial charge is 0.120 e. The summed E-state index contributed by atoms with van der Waals surface area (Å²) >= 11 is 18.5. The van der Waals surface area contributed by atoms with Gasteiger partial charge in [0.15, 0.2) is 0 Å². The lowest BCUT2D eigenvalue weighted by molar-refractivity contribution is 0.0663. The Morgan fingerprint density at radius 1 is 0.833 bits per heavy atom. The minimum Gasteiger partial charge on any atom is -0.491 e. The van der Waals surface area contributed by atoms with Crippen LogP contribution < -0.4 is 9.64 Å². The Kier molecular flexibility index (Phi) is 6.91. The average Bonchev–Trinajstić information content (AvgIpc) is 2.74. The molecular formula is C23H23Cl3N2O2. The summed E-state index contributed by atoms with van der Waals surface area (Å²) in [6.45, 7) is 4.18. The Morgan fingerprint density at radius 3 is 2.30 bits per heavy atom. The lowest BCUT2D eigenvalue weighted by Crippen LogP contribution is -2.49. The standard InChI is InChI=1S/C23H23Cl3N2O2/c24-18-3-1-17-12-21(5-2-16(17)11-18)30-15-20(29)14-27-7-9-28(10-8-27)23-13-19(25)4-6-22(23)26/h1-6,11-13,20,29H,7-10,14-15H2/t20-/m0/s1. The second-order valence-corrected chi connectivity index (χ2v) is 8.78. The molecule has 30 heavy (non-hydrogen) atoms. The van der Waals surface area contributed by atoms with Gasteiger partial charge in [0.2, 0.25) is 0 Å². The van der Waals surface area contributed by atoms with Crippen LogP contribution in [0.15, 0.2) is 54.6 Å². The fourth-order valence-corrected chi connectivity index (χ4v) is 4.31. The number of β-amino-alcohol motifs (C(OH)–C–C–N with tert-alkyl or cyclic N) is 1. The van der Waals surface area contributed by atoms with Crippen LogP contribution in [0, 0.1) is 0 Å². The van der Waals surface area contributed by atoms with E-state index in [4.69, 9.17) is 39.5 Å². The summed E-state index contributed by atoms with van der Waals surface area (Å²) in [4.78, 5) is 4.47. The average molecular weight is 466 g/mol. The van der Waals surface area contributed by atoms with Gasteiger partial charge in [0.05, 0.1) is 10.7 Å². The molecule has 0 aliphatic carbocycles. The highest BCUT2D eigenvalue weighted by Gasteiger charge is 2.21. The van der Waals surface area contributed by atoms with E-state index in [0.29, 0.717) is 21.6 Å². The quantitative estimate of drug-likeness (QED) is 0.531. The minimum atomic E-state index is -0.563. The normalized spacial score (nSPS) is 16.1. The fraction of sp³-hybridized carbons (Fsp3) is 0.304. The molecule has 0 aromatic heterocycles. The summed E-state index contributed by atoms with van der Waals surface area (Å²) in [7, 11) is 0. The van der Waals surface area contributed by atoms with E-state index in [-0.39, 0.29) is 6.61 Å². The Hall–Kier alpha value is -1.69. The zero-order chi connectivity index (χ0) is 21.1. The molecule has 1 atom stereocenters. The van der Waals surface area contributed by atoms with Crippen molar-refractivity contribution in [2.24, 2.45) is 0 Å². The maximum absolute atomic E-state index is 10.4. The number of nitrogens with zero attached hydrogens (tertiary/aromatic N) is 2. The molecule has 0 bridgehead atoms. The Labute approximate surface area is 191 Å². The third-order valence-electron chi connectivity index (χ3n) is 5.31. The van der Waals surface area contributed by atoms with Crippen LogP contribution in [0.1, 0.15) is 0 Å². The summed E-state index contributed by atoms with van der Waals surface area (Å²) in [5.41, 5.74) is 0.963. The van der Waals surface area contributed by atoms with Crippen molar-refractivity contribution in [3.05, 3.63) is 69.7 Å². The molecule has 158 valence electrons. The number of piperazine rings is 1. The van der Waals surface area contributed by atoms with E-state index < -0.39 is 6.10 Å². The number of aliphatic hydroxyl groups is 1. The summed E-state index contributed by atoms with van der Waals surface area (Å²) in [5.74, 6) is 0.740. The zero-order valence-corrected chi connectivity index (χ0v) is 18.7. The SMILES string of the molecule is O[C@H](COc1ccc2cc(Cl)ccc2c1)CN1CCN(c2cc(Cl)ccc2Cl)CC1. The van der Waals surface area contributed by atoms with Gasteiger partial charge < -0.3 is 14.7 Å². The van der Waals surface area contributed by atoms with Crippen molar-refractivity contribution in [1.29, 1.82) is 0 Å². The number of rotatable bonds is 6. The molecule has 4 rings (SSSR count). The van der Waals surface area contributed by atoms with E-state index >= 15 is 0 Å². The van der Waals surface area contributed by atoms with Gasteiger partial charge >= 0.3 is 0 Å². The predicted molar refractivity (Wildman–Crippen MR) is 126 cm³/mol. The Bertz CT molecular complexity index is 1020. The van der Waals surface area contributed by atoms with Gasteiger partial charge in [-0.05, 0) is 53.2 Å². The first-order valence-corrected chi connectivity index (χ1v) is 11.0. The van der Waals surface area contributed by atoms with Crippen LogP contribution in [0.25, 0.3) is 10.8 Å². The number of aliphatic hydroxyl groups excluding tert-OH is 1. The summed E-state index contributed by atoms with van der Waals surface area (Å²) in [6.07, 6.45) is -0.563. The van der Waals surface area contributed by atoms with Crippen LogP contribution in [0.3, 0.4) is 0 Å². The largest absolute Gasteiger partial charge is 0.491 e. The van der Waals surface area contributed by atoms with Gasteiger partial charge in [-0.2, -0.15) is 0 Å². The molecular weight excluding hydrogens is 443 g/mol. The maximum atomic E-state index is 10.4. The second-order valence-electron chi connectivity index (χ2n) is 7.50. The van der Waals surface area contributed by atoms with Crippen molar-refractivity contribution in [3.63, 3.8) is 0 Å². The summed E-state index contributed by atoms with van der Waals surface area (Å²) < 4.78 is 5.81. The van der Waals surface area contributed by atoms with E-state index in [1.165, 1.54) is 0 Å². The number of hydrogen-bond donors (Lipinski definition) is 1. The van der Waals surface area contributed by atoms with Gasteiger partial charge in [-0.1, -0.05) is 46.9 Å². The first-order valence-electron chi connectivity index (χ1n) is 9.90. The molecule has 1 aliphatic heterocycles. The topological polar surface area (TPSA) is 35.9 Å². The molecule has 7 heteroatoms. The van der Waals surface area contributed by atoms with Crippen molar-refractivity contribution in [2.45, 2.75) is 6.10 Å². The molecule has 0 saturated carbocycles. The number of benzene rings is 3. The Balaban J connectivity index is 1.26. The van der Waals surface area contributed by atoms with E-state index in [1.807, 2.05) is 48.5 Å². The monoisotopic (exact) mass is 464 g/mol. The second kappa shape index (κ2) is 9.63. The highest BCUT2D eigenvalue weighted by molar-refractivity contribution is 6.35. The third kappa shape index (κ3) is 5.32. The molecule has 1 fully saturated rings. The molecule has 4 nitrogen and oxygen atoms in total. The number of anilines is 1. The molecule has 1 aliphatic rings. The molecule has 0 amide bonds. The molecule has 1 saturated heterocycles. The van der Waals surface area contributed by atoms with Crippen LogP contribution in [0.4, 0.5) is 5.69 Å². The van der Waals surface area contributed by atoms with Crippen molar-refractivity contribution >= 4 is 51.3 Å². The van der Waals surface area contributed by atoms with Gasteiger partial charge in [-0.25, -0.2) is 0 Å². The van der Waals surface area contributed by atoms with E-state index in [9.17, 15) is 5.11 Å². The van der Waals surface area contributed by atoms with Crippen molar-refractivity contribution in [1.82, 2.24) is 4.90 Å². The van der Waals surface area contributed by atoms with Gasteiger partial charge in [0, 0.05) is 42.8 Å². The highest BCUT2D eigenvalue weighted by atomic mass is 35.5. The first-order chi connectivity index (χ1) is 14.5. The molecule has 0 spiro atoms. The van der Waals surface area contributed by atoms with Crippen LogP contribution in [-0.2, 0) is 0 Å². The first kappa shape index (κ1) is 21.5. The molecule has 1 N–H and O–H groups in total. The van der Waals surface area contributed by atoms with Crippen LogP contribution >= 0.6 is 34.8 Å². The van der Waals surface area contributed by atoms with Crippen molar-refractivity contribution in [2.75, 3.05) is 44.2 Å². The third-order valence-corrected chi connectivity index (χ3v) is 6.10. The number of hydrogen-bond acceptors (Lipinski definition) is 4. The van der Waals surface area contributed by atoms with Gasteiger partial charge in [0.25, 0.3) is 0 Å². The molecule has 0 unspecified atom stereocenters. The summed E-state index contributed by atoms with van der Waals surface area (Å²) in [5, 5.41) is 14.7. The van der Waals surface area contributed by atoms with Gasteiger partial charge in [-0.3, -0.25) is 4.90 Å². The molecule has 0 radical (unpaired) electrons. The lowest BCUT2D eigenvalue weighted by Gasteiger charge is -2.37. The van der Waals surface area contributed by atoms with E-state index in [2.05, 4.69) is 9.80 Å². The van der Waals surface area contributed by atoms with Crippen LogP contribution in [-0.4, -0.2) is 55.4 Å². The fourth-order valence-electron chi connectivity index (χ4n) is 3.73. The zero-order valence-electron chi connectivity index (χ0n) is 16.4. The van der Waals surface area contributed by atoms with Crippen molar-refractivity contribution < 1.29 is 9.84 Å². The minimum absolute atomic E-state index is 0.249. The Morgan fingerprint density at radius 2 is 1.50 bits per heavy atom. The number of fused-ring (bicyclic) bond motifs is 1. The molecule has 1 heterocycles. The van der Waals surface area contributed by atoms with Crippen LogP contribution in [0.5, 0.6) is 5.75 Å². The molecule has 3 aromatic rings. The number of halogens is 3. The van der Waals surface area contributed by atoms with E-state index in [1.54, 1.807) is 6.07 Å². The molecule has 3 aromatic carbocycles. The number of ether oxygens (including phenoxy) is 1. The summed E-state index contributed by atoms with van der Waals surface area (Å²) in [6, 6.07) is 17.1. The van der Waals surface area contributed by atoms with E-state index in [0.717, 1.165) is 48.4 Å². The van der Waals surface area contributed by atoms with Gasteiger partial charge in [-0.15, -0.1) is 0 Å². The predicted octanol–water partition coefficient (Wildman–Crippen LogP) is 5.36.